The quantitative estimate of drug-likeness (QED) is 0.771. The molecule has 1 fully saturated rings. The summed E-state index contributed by atoms with van der Waals surface area (Å²) in [5.41, 5.74) is 1.29. The Kier molecular flexibility index (Phi) is 5.94. The molecule has 1 aromatic heterocycles. The number of unbranched alkanes of at least 4 members (excludes halogenated alkanes) is 1. The normalized spacial score (nSPS) is 18.8. The van der Waals surface area contributed by atoms with Crippen LogP contribution < -0.4 is 5.32 Å². The van der Waals surface area contributed by atoms with Crippen LogP contribution in [0, 0.1) is 0 Å². The van der Waals surface area contributed by atoms with Crippen molar-refractivity contribution >= 4 is 5.91 Å². The fraction of sp³-hybridized carbons (Fsp3) is 0.565. The Morgan fingerprint density at radius 1 is 1.18 bits per heavy atom. The number of benzene rings is 1. The molecule has 152 valence electrons. The summed E-state index contributed by atoms with van der Waals surface area (Å²) in [6.45, 7) is 11.8. The highest BCUT2D eigenvalue weighted by atomic mass is 16.5. The Hall–Kier alpha value is -2.14. The highest BCUT2D eigenvalue weighted by Crippen LogP contribution is 2.32. The summed E-state index contributed by atoms with van der Waals surface area (Å²) in [4.78, 5) is 15.4. The van der Waals surface area contributed by atoms with E-state index in [1.165, 1.54) is 0 Å². The minimum Gasteiger partial charge on any atom is -0.355 e. The molecule has 5 heteroatoms. The van der Waals surface area contributed by atoms with E-state index in [1.54, 1.807) is 6.07 Å². The monoisotopic (exact) mass is 383 g/mol. The first-order valence-electron chi connectivity index (χ1n) is 10.3. The number of rotatable bonds is 6. The number of amides is 1. The van der Waals surface area contributed by atoms with Crippen molar-refractivity contribution in [2.24, 2.45) is 0 Å². The third-order valence-electron chi connectivity index (χ3n) is 5.41. The zero-order valence-electron chi connectivity index (χ0n) is 17.8. The molecule has 0 atom stereocenters. The Bertz CT molecular complexity index is 779. The van der Waals surface area contributed by atoms with Gasteiger partial charge in [0.1, 0.15) is 0 Å². The first-order chi connectivity index (χ1) is 13.2. The molecule has 1 N–H and O–H groups in total. The van der Waals surface area contributed by atoms with Crippen LogP contribution in [0.1, 0.15) is 70.8 Å². The fourth-order valence-corrected chi connectivity index (χ4v) is 4.53. The molecule has 0 unspecified atom stereocenters. The summed E-state index contributed by atoms with van der Waals surface area (Å²) in [5, 5.41) is 7.81. The minimum atomic E-state index is -0.0297. The van der Waals surface area contributed by atoms with Crippen LogP contribution in [0.15, 0.2) is 40.9 Å². The predicted molar refractivity (Wildman–Crippen MR) is 112 cm³/mol. The number of aromatic nitrogens is 1. The van der Waals surface area contributed by atoms with Gasteiger partial charge in [-0.15, -0.1) is 0 Å². The Balaban J connectivity index is 1.85. The SMILES string of the molecule is CCCCN(C(=O)c1cc(-c2ccccc2)on1)C1CC(C)(C)NC(C)(C)C1. The summed E-state index contributed by atoms with van der Waals surface area (Å²) in [7, 11) is 0. The number of carbonyl (C=O) groups is 1. The lowest BCUT2D eigenvalue weighted by Gasteiger charge is -2.49. The maximum absolute atomic E-state index is 13.4. The largest absolute Gasteiger partial charge is 0.355 e. The van der Waals surface area contributed by atoms with Crippen LogP contribution in [0.4, 0.5) is 0 Å². The average molecular weight is 384 g/mol. The summed E-state index contributed by atoms with van der Waals surface area (Å²) < 4.78 is 5.49. The molecule has 1 saturated heterocycles. The number of nitrogens with one attached hydrogen (secondary N) is 1. The van der Waals surface area contributed by atoms with Crippen molar-refractivity contribution in [3.8, 4) is 11.3 Å². The van der Waals surface area contributed by atoms with Crippen LogP contribution in [-0.2, 0) is 0 Å². The summed E-state index contributed by atoms with van der Waals surface area (Å²) in [6, 6.07) is 11.7. The van der Waals surface area contributed by atoms with Crippen molar-refractivity contribution in [3.63, 3.8) is 0 Å². The van der Waals surface area contributed by atoms with Crippen molar-refractivity contribution < 1.29 is 9.32 Å². The van der Waals surface area contributed by atoms with E-state index < -0.39 is 0 Å². The number of nitrogens with zero attached hydrogens (tertiary/aromatic N) is 2. The van der Waals surface area contributed by atoms with Crippen molar-refractivity contribution in [1.82, 2.24) is 15.4 Å². The number of piperidine rings is 1. The molecule has 1 aliphatic heterocycles. The van der Waals surface area contributed by atoms with Gasteiger partial charge in [-0.05, 0) is 47.0 Å². The lowest BCUT2D eigenvalue weighted by Crippen LogP contribution is -2.62. The van der Waals surface area contributed by atoms with E-state index in [9.17, 15) is 4.79 Å². The molecule has 0 saturated carbocycles. The predicted octanol–water partition coefficient (Wildman–Crippen LogP) is 4.89. The molecule has 5 nitrogen and oxygen atoms in total. The van der Waals surface area contributed by atoms with E-state index in [1.807, 2.05) is 35.2 Å². The Labute approximate surface area is 168 Å². The van der Waals surface area contributed by atoms with Gasteiger partial charge in [0.05, 0.1) is 0 Å². The number of carbonyl (C=O) groups excluding carboxylic acids is 1. The third-order valence-corrected chi connectivity index (χ3v) is 5.41. The first-order valence-corrected chi connectivity index (χ1v) is 10.3. The highest BCUT2D eigenvalue weighted by Gasteiger charge is 2.41. The lowest BCUT2D eigenvalue weighted by molar-refractivity contribution is 0.0433. The smallest absolute Gasteiger partial charge is 0.276 e. The fourth-order valence-electron chi connectivity index (χ4n) is 4.53. The van der Waals surface area contributed by atoms with Crippen LogP contribution in [0.5, 0.6) is 0 Å². The van der Waals surface area contributed by atoms with E-state index in [0.29, 0.717) is 11.5 Å². The van der Waals surface area contributed by atoms with Crippen LogP contribution in [0.2, 0.25) is 0 Å². The van der Waals surface area contributed by atoms with Crippen molar-refractivity contribution in [1.29, 1.82) is 0 Å². The minimum absolute atomic E-state index is 0.0177. The van der Waals surface area contributed by atoms with Gasteiger partial charge in [-0.1, -0.05) is 48.8 Å². The van der Waals surface area contributed by atoms with Crippen LogP contribution >= 0.6 is 0 Å². The molecule has 0 spiro atoms. The molecule has 0 aliphatic carbocycles. The molecule has 1 aliphatic rings. The highest BCUT2D eigenvalue weighted by molar-refractivity contribution is 5.93. The van der Waals surface area contributed by atoms with E-state index >= 15 is 0 Å². The van der Waals surface area contributed by atoms with E-state index in [-0.39, 0.29) is 23.0 Å². The maximum atomic E-state index is 13.4. The average Bonchev–Trinajstić information content (AvgIpc) is 3.10. The van der Waals surface area contributed by atoms with Crippen LogP contribution in [0.25, 0.3) is 11.3 Å². The zero-order chi connectivity index (χ0) is 20.4. The first kappa shape index (κ1) is 20.6. The van der Waals surface area contributed by atoms with E-state index in [4.69, 9.17) is 4.52 Å². The van der Waals surface area contributed by atoms with E-state index in [2.05, 4.69) is 45.1 Å². The molecular weight excluding hydrogens is 350 g/mol. The molecule has 3 rings (SSSR count). The Morgan fingerprint density at radius 3 is 2.43 bits per heavy atom. The molecule has 2 aromatic rings. The van der Waals surface area contributed by atoms with Crippen molar-refractivity contribution in [3.05, 3.63) is 42.1 Å². The lowest BCUT2D eigenvalue weighted by atomic mass is 9.79. The topological polar surface area (TPSA) is 58.4 Å². The van der Waals surface area contributed by atoms with Crippen LogP contribution in [-0.4, -0.2) is 39.6 Å². The summed E-state index contributed by atoms with van der Waals surface area (Å²) >= 11 is 0. The molecule has 28 heavy (non-hydrogen) atoms. The second kappa shape index (κ2) is 8.08. The van der Waals surface area contributed by atoms with Gasteiger partial charge in [0.25, 0.3) is 5.91 Å². The van der Waals surface area contributed by atoms with Gasteiger partial charge in [-0.25, -0.2) is 0 Å². The molecule has 0 bridgehead atoms. The van der Waals surface area contributed by atoms with E-state index in [0.717, 1.165) is 37.8 Å². The van der Waals surface area contributed by atoms with Gasteiger partial charge in [-0.2, -0.15) is 0 Å². The molecule has 1 amide bonds. The summed E-state index contributed by atoms with van der Waals surface area (Å²) in [6.07, 6.45) is 3.89. The maximum Gasteiger partial charge on any atom is 0.276 e. The molecule has 1 aromatic carbocycles. The molecule has 2 heterocycles. The van der Waals surface area contributed by atoms with Gasteiger partial charge in [0.15, 0.2) is 11.5 Å². The van der Waals surface area contributed by atoms with Crippen LogP contribution in [0.3, 0.4) is 0 Å². The third kappa shape index (κ3) is 4.82. The van der Waals surface area contributed by atoms with Gasteiger partial charge in [0, 0.05) is 35.3 Å². The molecule has 0 radical (unpaired) electrons. The zero-order valence-corrected chi connectivity index (χ0v) is 17.8. The second-order valence-electron chi connectivity index (χ2n) is 9.25. The summed E-state index contributed by atoms with van der Waals surface area (Å²) in [5.74, 6) is 0.600. The Morgan fingerprint density at radius 2 is 1.82 bits per heavy atom. The molecular formula is C23H33N3O2. The standard InChI is InChI=1S/C23H33N3O2/c1-6-7-13-26(18-15-22(2,3)25-23(4,5)16-18)21(27)19-14-20(28-24-19)17-11-9-8-10-12-17/h8-12,14,18,25H,6-7,13,15-16H2,1-5H3. The van der Waals surface area contributed by atoms with Crippen molar-refractivity contribution in [2.75, 3.05) is 6.54 Å². The van der Waals surface area contributed by atoms with Crippen molar-refractivity contribution in [2.45, 2.75) is 77.4 Å². The van der Waals surface area contributed by atoms with Gasteiger partial charge in [-0.3, -0.25) is 4.79 Å². The van der Waals surface area contributed by atoms with Gasteiger partial charge >= 0.3 is 0 Å². The van der Waals surface area contributed by atoms with Gasteiger partial charge in [0.2, 0.25) is 0 Å². The van der Waals surface area contributed by atoms with Gasteiger partial charge < -0.3 is 14.7 Å². The number of hydrogen-bond donors (Lipinski definition) is 1. The number of hydrogen-bond acceptors (Lipinski definition) is 4. The second-order valence-corrected chi connectivity index (χ2v) is 9.25.